The highest BCUT2D eigenvalue weighted by atomic mass is 32.2. The van der Waals surface area contributed by atoms with Gasteiger partial charge in [-0.2, -0.15) is 0 Å². The molecule has 1 N–H and O–H groups in total. The Bertz CT molecular complexity index is 664. The van der Waals surface area contributed by atoms with E-state index in [4.69, 9.17) is 5.11 Å². The van der Waals surface area contributed by atoms with Gasteiger partial charge in [0.1, 0.15) is 5.82 Å². The van der Waals surface area contributed by atoms with Crippen LogP contribution in [0.25, 0.3) is 0 Å². The second kappa shape index (κ2) is 8.39. The van der Waals surface area contributed by atoms with Crippen molar-refractivity contribution in [2.24, 2.45) is 0 Å². The van der Waals surface area contributed by atoms with E-state index in [9.17, 15) is 4.39 Å². The summed E-state index contributed by atoms with van der Waals surface area (Å²) < 4.78 is 15.7. The van der Waals surface area contributed by atoms with E-state index in [2.05, 4.69) is 22.0 Å². The predicted octanol–water partition coefficient (Wildman–Crippen LogP) is 3.43. The molecule has 0 aliphatic heterocycles. The molecule has 0 fully saturated rings. The molecule has 0 saturated heterocycles. The van der Waals surface area contributed by atoms with Gasteiger partial charge < -0.3 is 5.11 Å². The Labute approximate surface area is 135 Å². The van der Waals surface area contributed by atoms with Gasteiger partial charge in [0.15, 0.2) is 8.68 Å². The lowest BCUT2D eigenvalue weighted by Gasteiger charge is -2.01. The third-order valence-corrected chi connectivity index (χ3v) is 5.52. The topological polar surface area (TPSA) is 46.0 Å². The summed E-state index contributed by atoms with van der Waals surface area (Å²) in [5.74, 6) is 5.84. The Balaban J connectivity index is 1.99. The zero-order valence-electron chi connectivity index (χ0n) is 11.3. The van der Waals surface area contributed by atoms with Crippen molar-refractivity contribution < 1.29 is 9.50 Å². The minimum Gasteiger partial charge on any atom is -0.395 e. The zero-order chi connectivity index (χ0) is 15.1. The van der Waals surface area contributed by atoms with E-state index in [-0.39, 0.29) is 12.4 Å². The van der Waals surface area contributed by atoms with Gasteiger partial charge in [-0.3, -0.25) is 0 Å². The lowest BCUT2D eigenvalue weighted by molar-refractivity contribution is 0.305. The van der Waals surface area contributed by atoms with Crippen LogP contribution >= 0.6 is 34.9 Å². The summed E-state index contributed by atoms with van der Waals surface area (Å²) >= 11 is 4.53. The van der Waals surface area contributed by atoms with Gasteiger partial charge in [-0.25, -0.2) is 4.39 Å². The summed E-state index contributed by atoms with van der Waals surface area (Å²) in [6, 6.07) is 4.95. The largest absolute Gasteiger partial charge is 0.395 e. The number of benzene rings is 1. The molecule has 21 heavy (non-hydrogen) atoms. The van der Waals surface area contributed by atoms with Crippen LogP contribution in [0.15, 0.2) is 26.9 Å². The van der Waals surface area contributed by atoms with Crippen molar-refractivity contribution in [3.05, 3.63) is 35.1 Å². The van der Waals surface area contributed by atoms with Gasteiger partial charge in [0.05, 0.1) is 6.61 Å². The molecule has 0 saturated carbocycles. The Hall–Kier alpha value is -1.07. The quantitative estimate of drug-likeness (QED) is 0.667. The maximum Gasteiger partial charge on any atom is 0.175 e. The fourth-order valence-electron chi connectivity index (χ4n) is 1.44. The molecule has 3 nitrogen and oxygen atoms in total. The zero-order valence-corrected chi connectivity index (χ0v) is 13.7. The highest BCUT2D eigenvalue weighted by Crippen LogP contribution is 2.30. The van der Waals surface area contributed by atoms with Crippen LogP contribution in [0.3, 0.4) is 0 Å². The monoisotopic (exact) mass is 340 g/mol. The summed E-state index contributed by atoms with van der Waals surface area (Å²) in [5.41, 5.74) is 1.24. The van der Waals surface area contributed by atoms with Crippen molar-refractivity contribution in [2.45, 2.75) is 20.9 Å². The summed E-state index contributed by atoms with van der Waals surface area (Å²) in [5, 5.41) is 16.7. The normalized spacial score (nSPS) is 10.2. The predicted molar refractivity (Wildman–Crippen MR) is 86.2 cm³/mol. The molecule has 0 amide bonds. The first-order valence-electron chi connectivity index (χ1n) is 6.11. The molecular weight excluding hydrogens is 327 g/mol. The molecule has 7 heteroatoms. The molecule has 0 aliphatic carbocycles. The smallest absolute Gasteiger partial charge is 0.175 e. The number of aliphatic hydroxyl groups is 1. The first kappa shape index (κ1) is 16.3. The van der Waals surface area contributed by atoms with Crippen molar-refractivity contribution in [2.75, 3.05) is 12.9 Å². The van der Waals surface area contributed by atoms with Gasteiger partial charge in [0, 0.05) is 17.7 Å². The van der Waals surface area contributed by atoms with Crippen LogP contribution in [0.1, 0.15) is 17.5 Å². The van der Waals surface area contributed by atoms with Crippen LogP contribution in [-0.2, 0) is 5.75 Å². The molecule has 1 aromatic heterocycles. The summed E-state index contributed by atoms with van der Waals surface area (Å²) in [7, 11) is 0. The van der Waals surface area contributed by atoms with Gasteiger partial charge in [-0.1, -0.05) is 52.8 Å². The van der Waals surface area contributed by atoms with Gasteiger partial charge in [-0.05, 0) is 24.0 Å². The summed E-state index contributed by atoms with van der Waals surface area (Å²) in [4.78, 5) is 0. The molecular formula is C14H13FN2OS3. The van der Waals surface area contributed by atoms with E-state index >= 15 is 0 Å². The van der Waals surface area contributed by atoms with Gasteiger partial charge in [-0.15, -0.1) is 10.2 Å². The summed E-state index contributed by atoms with van der Waals surface area (Å²) in [6.45, 7) is 0.0179. The molecule has 110 valence electrons. The van der Waals surface area contributed by atoms with E-state index < -0.39 is 0 Å². The second-order valence-corrected chi connectivity index (χ2v) is 7.16. The molecule has 0 unspecified atom stereocenters. The maximum absolute atomic E-state index is 14.0. The molecule has 0 aliphatic rings. The van der Waals surface area contributed by atoms with Crippen LogP contribution in [-0.4, -0.2) is 28.2 Å². The number of aromatic nitrogens is 2. The van der Waals surface area contributed by atoms with Gasteiger partial charge in [0.2, 0.25) is 0 Å². The lowest BCUT2D eigenvalue weighted by atomic mass is 10.1. The van der Waals surface area contributed by atoms with E-state index in [0.29, 0.717) is 23.3 Å². The van der Waals surface area contributed by atoms with Crippen LogP contribution in [0.4, 0.5) is 4.39 Å². The maximum atomic E-state index is 14.0. The Morgan fingerprint density at radius 2 is 2.14 bits per heavy atom. The van der Waals surface area contributed by atoms with Gasteiger partial charge >= 0.3 is 0 Å². The third-order valence-electron chi connectivity index (χ3n) is 2.44. The van der Waals surface area contributed by atoms with Crippen molar-refractivity contribution >= 4 is 34.9 Å². The number of hydrogen-bond acceptors (Lipinski definition) is 6. The Kier molecular flexibility index (Phi) is 6.51. The summed E-state index contributed by atoms with van der Waals surface area (Å²) in [6.07, 6.45) is 2.35. The highest BCUT2D eigenvalue weighted by Gasteiger charge is 2.07. The fraction of sp³-hybridized carbons (Fsp3) is 0.286. The first-order chi connectivity index (χ1) is 10.2. The minimum atomic E-state index is -0.270. The SMILES string of the molecule is CSc1nnc(SCc2ccc(C#CCCO)cc2F)s1. The number of nitrogens with zero attached hydrogens (tertiary/aromatic N) is 2. The highest BCUT2D eigenvalue weighted by molar-refractivity contribution is 8.02. The van der Waals surface area contributed by atoms with Crippen LogP contribution in [0.2, 0.25) is 0 Å². The molecule has 0 spiro atoms. The molecule has 1 heterocycles. The van der Waals surface area contributed by atoms with Crippen LogP contribution < -0.4 is 0 Å². The average molecular weight is 340 g/mol. The molecule has 0 radical (unpaired) electrons. The average Bonchev–Trinajstić information content (AvgIpc) is 2.95. The number of halogens is 1. The lowest BCUT2D eigenvalue weighted by Crippen LogP contribution is -1.89. The van der Waals surface area contributed by atoms with E-state index in [0.717, 1.165) is 8.68 Å². The van der Waals surface area contributed by atoms with Crippen molar-refractivity contribution in [1.29, 1.82) is 0 Å². The van der Waals surface area contributed by atoms with Crippen molar-refractivity contribution in [3.63, 3.8) is 0 Å². The Morgan fingerprint density at radius 3 is 2.81 bits per heavy atom. The number of thioether (sulfide) groups is 2. The number of rotatable bonds is 5. The Morgan fingerprint density at radius 1 is 1.33 bits per heavy atom. The molecule has 0 atom stereocenters. The van der Waals surface area contributed by atoms with Crippen molar-refractivity contribution in [1.82, 2.24) is 10.2 Å². The second-order valence-electron chi connectivity index (χ2n) is 3.91. The molecule has 2 aromatic rings. The number of hydrogen-bond donors (Lipinski definition) is 1. The van der Waals surface area contributed by atoms with Crippen LogP contribution in [0, 0.1) is 17.7 Å². The van der Waals surface area contributed by atoms with E-state index in [1.807, 2.05) is 6.26 Å². The minimum absolute atomic E-state index is 0.0179. The van der Waals surface area contributed by atoms with Crippen LogP contribution in [0.5, 0.6) is 0 Å². The molecule has 2 rings (SSSR count). The molecule has 0 bridgehead atoms. The fourth-order valence-corrected chi connectivity index (χ4v) is 3.86. The number of aliphatic hydroxyl groups excluding tert-OH is 1. The molecule has 1 aromatic carbocycles. The standard InChI is InChI=1S/C14H13FN2OS3/c1-19-13-16-17-14(21-13)20-9-11-6-5-10(8-12(11)15)4-2-3-7-18/h5-6,8,18H,3,7,9H2,1H3. The van der Waals surface area contributed by atoms with Crippen molar-refractivity contribution in [3.8, 4) is 11.8 Å². The van der Waals surface area contributed by atoms with E-state index in [1.165, 1.54) is 29.2 Å². The third kappa shape index (κ3) is 5.00. The van der Waals surface area contributed by atoms with Gasteiger partial charge in [0.25, 0.3) is 0 Å². The first-order valence-corrected chi connectivity index (χ1v) is 9.14. The van der Waals surface area contributed by atoms with E-state index in [1.54, 1.807) is 23.9 Å².